The van der Waals surface area contributed by atoms with Crippen molar-refractivity contribution in [3.05, 3.63) is 35.0 Å². The lowest BCUT2D eigenvalue weighted by molar-refractivity contribution is 0.143. The molecule has 1 aliphatic carbocycles. The molecule has 4 aliphatic rings. The predicted molar refractivity (Wildman–Crippen MR) is 136 cm³/mol. The van der Waals surface area contributed by atoms with Crippen LogP contribution in [-0.2, 0) is 17.2 Å². The number of aliphatic hydroxyl groups is 1. The fraction of sp³-hybridized carbons (Fsp3) is 0.600. The lowest BCUT2D eigenvalue weighted by Gasteiger charge is -2.41. The fourth-order valence-electron chi connectivity index (χ4n) is 5.97. The number of nitrogens with one attached hydrogen (secondary N) is 1. The van der Waals surface area contributed by atoms with E-state index in [-0.39, 0.29) is 16.9 Å². The number of rotatable bonds is 5. The van der Waals surface area contributed by atoms with E-state index in [1.807, 2.05) is 26.0 Å². The quantitative estimate of drug-likeness (QED) is 0.649. The predicted octanol–water partition coefficient (Wildman–Crippen LogP) is 3.47. The normalized spacial score (nSPS) is 28.5. The lowest BCUT2D eigenvalue weighted by atomic mass is 9.77. The minimum Gasteiger partial charge on any atom is -0.394 e. The van der Waals surface area contributed by atoms with Crippen molar-refractivity contribution in [3.8, 4) is 0 Å². The number of aromatic nitrogens is 2. The zero-order valence-electron chi connectivity index (χ0n) is 19.8. The molecule has 0 radical (unpaired) electrons. The molecule has 9 heteroatoms. The van der Waals surface area contributed by atoms with E-state index in [1.54, 1.807) is 0 Å². The highest BCUT2D eigenvalue weighted by molar-refractivity contribution is 7.87. The van der Waals surface area contributed by atoms with E-state index in [0.717, 1.165) is 67.0 Å². The first-order chi connectivity index (χ1) is 16.3. The lowest BCUT2D eigenvalue weighted by Crippen LogP contribution is -2.48. The third-order valence-corrected chi connectivity index (χ3v) is 10.4. The SMILES string of the molecule is CC1(C)Cc2nc(N3CC4CN(c5ccc(Cl)cc5)CC4C3)nc(NC3(CO)CCC3)c2[S@]1=O. The summed E-state index contributed by atoms with van der Waals surface area (Å²) in [5, 5.41) is 14.3. The molecule has 7 nitrogen and oxygen atoms in total. The third kappa shape index (κ3) is 3.69. The number of hydrogen-bond acceptors (Lipinski definition) is 7. The van der Waals surface area contributed by atoms with Crippen molar-refractivity contribution >= 4 is 39.9 Å². The van der Waals surface area contributed by atoms with E-state index in [4.69, 9.17) is 21.6 Å². The first kappa shape index (κ1) is 22.6. The summed E-state index contributed by atoms with van der Waals surface area (Å²) in [5.74, 6) is 2.52. The van der Waals surface area contributed by atoms with Gasteiger partial charge < -0.3 is 20.2 Å². The number of anilines is 3. The molecular weight excluding hydrogens is 470 g/mol. The molecule has 4 heterocycles. The molecule has 6 rings (SSSR count). The van der Waals surface area contributed by atoms with Gasteiger partial charge in [0.1, 0.15) is 10.7 Å². The summed E-state index contributed by atoms with van der Waals surface area (Å²) in [7, 11) is -1.18. The summed E-state index contributed by atoms with van der Waals surface area (Å²) < 4.78 is 12.9. The summed E-state index contributed by atoms with van der Waals surface area (Å²) in [6.45, 7) is 8.00. The average Bonchev–Trinajstić information content (AvgIpc) is 3.41. The topological polar surface area (TPSA) is 81.6 Å². The van der Waals surface area contributed by atoms with Crippen LogP contribution >= 0.6 is 11.6 Å². The maximum atomic E-state index is 13.3. The van der Waals surface area contributed by atoms with Crippen LogP contribution in [0.5, 0.6) is 0 Å². The zero-order chi connectivity index (χ0) is 23.7. The van der Waals surface area contributed by atoms with E-state index < -0.39 is 10.8 Å². The van der Waals surface area contributed by atoms with Crippen LogP contribution in [0.1, 0.15) is 38.8 Å². The van der Waals surface area contributed by atoms with Crippen LogP contribution in [0.15, 0.2) is 29.2 Å². The van der Waals surface area contributed by atoms with Gasteiger partial charge in [0.15, 0.2) is 0 Å². The van der Waals surface area contributed by atoms with Crippen molar-refractivity contribution in [2.75, 3.05) is 47.9 Å². The van der Waals surface area contributed by atoms with Gasteiger partial charge in [0.2, 0.25) is 5.95 Å². The van der Waals surface area contributed by atoms with Gasteiger partial charge in [-0.25, -0.2) is 4.98 Å². The number of aliphatic hydroxyl groups excluding tert-OH is 1. The highest BCUT2D eigenvalue weighted by atomic mass is 35.5. The van der Waals surface area contributed by atoms with Crippen molar-refractivity contribution in [3.63, 3.8) is 0 Å². The van der Waals surface area contributed by atoms with Crippen LogP contribution in [0.25, 0.3) is 0 Å². The largest absolute Gasteiger partial charge is 0.394 e. The van der Waals surface area contributed by atoms with Crippen LogP contribution in [0.4, 0.5) is 17.5 Å². The number of nitrogens with zero attached hydrogens (tertiary/aromatic N) is 4. The molecule has 1 aromatic heterocycles. The van der Waals surface area contributed by atoms with Crippen LogP contribution in [0.2, 0.25) is 5.02 Å². The second-order valence-corrected chi connectivity index (χ2v) is 13.6. The number of fused-ring (bicyclic) bond motifs is 2. The van der Waals surface area contributed by atoms with Crippen LogP contribution in [0.3, 0.4) is 0 Å². The highest BCUT2D eigenvalue weighted by Crippen LogP contribution is 2.43. The molecule has 2 saturated heterocycles. The number of hydrogen-bond donors (Lipinski definition) is 2. The molecule has 1 aromatic carbocycles. The smallest absolute Gasteiger partial charge is 0.227 e. The summed E-state index contributed by atoms with van der Waals surface area (Å²) in [4.78, 5) is 15.4. The molecular formula is C25H32ClN5O2S. The maximum Gasteiger partial charge on any atom is 0.227 e. The number of benzene rings is 1. The summed E-state index contributed by atoms with van der Waals surface area (Å²) in [5.41, 5.74) is 1.77. The monoisotopic (exact) mass is 501 g/mol. The molecule has 0 amide bonds. The molecule has 0 spiro atoms. The summed E-state index contributed by atoms with van der Waals surface area (Å²) in [6.07, 6.45) is 3.57. The van der Waals surface area contributed by atoms with Crippen LogP contribution in [-0.4, -0.2) is 62.4 Å². The van der Waals surface area contributed by atoms with Crippen molar-refractivity contribution in [2.24, 2.45) is 11.8 Å². The van der Waals surface area contributed by atoms with Gasteiger partial charge in [-0.1, -0.05) is 11.6 Å². The van der Waals surface area contributed by atoms with Crippen molar-refractivity contribution in [2.45, 2.75) is 54.7 Å². The van der Waals surface area contributed by atoms with Crippen molar-refractivity contribution in [1.82, 2.24) is 9.97 Å². The van der Waals surface area contributed by atoms with E-state index in [1.165, 1.54) is 5.69 Å². The Morgan fingerprint density at radius 2 is 1.74 bits per heavy atom. The first-order valence-electron chi connectivity index (χ1n) is 12.2. The minimum atomic E-state index is -1.18. The van der Waals surface area contributed by atoms with Gasteiger partial charge in [-0.2, -0.15) is 4.98 Å². The Morgan fingerprint density at radius 1 is 1.09 bits per heavy atom. The minimum absolute atomic E-state index is 0.0610. The van der Waals surface area contributed by atoms with Gasteiger partial charge in [-0.3, -0.25) is 4.21 Å². The molecule has 34 heavy (non-hydrogen) atoms. The summed E-state index contributed by atoms with van der Waals surface area (Å²) in [6, 6.07) is 8.11. The second kappa shape index (κ2) is 8.07. The first-order valence-corrected chi connectivity index (χ1v) is 13.8. The molecule has 3 fully saturated rings. The second-order valence-electron chi connectivity index (χ2n) is 11.1. The molecule has 2 N–H and O–H groups in total. The standard InChI is InChI=1S/C25H32ClN5O2S/c1-24(2)10-20-21(34(24)33)22(29-25(15-32)8-3-9-25)28-23(27-20)31-13-16-11-30(12-17(16)14-31)19-6-4-18(26)5-7-19/h4-7,16-17,32H,3,8-15H2,1-2H3,(H,27,28,29)/t16?,17?,34-/m1/s1. The van der Waals surface area contributed by atoms with Gasteiger partial charge in [-0.15, -0.1) is 0 Å². The van der Waals surface area contributed by atoms with Crippen molar-refractivity contribution < 1.29 is 9.32 Å². The van der Waals surface area contributed by atoms with Gasteiger partial charge >= 0.3 is 0 Å². The Bertz CT molecular complexity index is 1120. The maximum absolute atomic E-state index is 13.3. The Hall–Kier alpha value is -1.90. The van der Waals surface area contributed by atoms with Gasteiger partial charge in [0, 0.05) is 55.1 Å². The molecule has 2 aromatic rings. The van der Waals surface area contributed by atoms with Gasteiger partial charge in [-0.05, 0) is 57.4 Å². The highest BCUT2D eigenvalue weighted by Gasteiger charge is 2.45. The molecule has 3 aliphatic heterocycles. The Labute approximate surface area is 208 Å². The van der Waals surface area contributed by atoms with Crippen LogP contribution < -0.4 is 15.1 Å². The van der Waals surface area contributed by atoms with Gasteiger partial charge in [0.05, 0.1) is 33.4 Å². The average molecular weight is 502 g/mol. The van der Waals surface area contributed by atoms with E-state index in [2.05, 4.69) is 27.2 Å². The van der Waals surface area contributed by atoms with Crippen LogP contribution in [0, 0.1) is 11.8 Å². The van der Waals surface area contributed by atoms with E-state index >= 15 is 0 Å². The zero-order valence-corrected chi connectivity index (χ0v) is 21.3. The molecule has 182 valence electrons. The molecule has 0 bridgehead atoms. The van der Waals surface area contributed by atoms with Crippen molar-refractivity contribution in [1.29, 1.82) is 0 Å². The van der Waals surface area contributed by atoms with E-state index in [0.29, 0.717) is 24.1 Å². The molecule has 3 atom stereocenters. The fourth-order valence-corrected chi connectivity index (χ4v) is 7.52. The third-order valence-electron chi connectivity index (χ3n) is 8.16. The van der Waals surface area contributed by atoms with E-state index in [9.17, 15) is 9.32 Å². The molecule has 2 unspecified atom stereocenters. The Balaban J connectivity index is 1.25. The summed E-state index contributed by atoms with van der Waals surface area (Å²) >= 11 is 6.07. The Kier molecular flexibility index (Phi) is 5.35. The molecule has 1 saturated carbocycles. The number of halogens is 1. The Morgan fingerprint density at radius 3 is 2.32 bits per heavy atom. The van der Waals surface area contributed by atoms with Gasteiger partial charge in [0.25, 0.3) is 0 Å².